The number of carbonyl (C=O) groups is 1. The van der Waals surface area contributed by atoms with Crippen LogP contribution < -0.4 is 5.32 Å². The van der Waals surface area contributed by atoms with Crippen molar-refractivity contribution >= 4 is 6.09 Å². The Kier molecular flexibility index (Phi) is 4.46. The average Bonchev–Trinajstić information content (AvgIpc) is 2.17. The highest BCUT2D eigenvalue weighted by molar-refractivity contribution is 5.67. The highest BCUT2D eigenvalue weighted by Crippen LogP contribution is 2.15. The van der Waals surface area contributed by atoms with E-state index in [9.17, 15) is 9.90 Å². The molecule has 0 saturated carbocycles. The van der Waals surface area contributed by atoms with Gasteiger partial charge in [-0.2, -0.15) is 0 Å². The predicted octanol–water partition coefficient (Wildman–Crippen LogP) is 1.20. The second-order valence-corrected chi connectivity index (χ2v) is 3.40. The van der Waals surface area contributed by atoms with Gasteiger partial charge in [-0.1, -0.05) is 12.5 Å². The summed E-state index contributed by atoms with van der Waals surface area (Å²) in [5.74, 6) is 0. The van der Waals surface area contributed by atoms with Crippen LogP contribution in [0.2, 0.25) is 0 Å². The number of carbonyl (C=O) groups excluding carboxylic acids is 1. The van der Waals surface area contributed by atoms with Gasteiger partial charge in [0.15, 0.2) is 0 Å². The third kappa shape index (κ3) is 3.38. The van der Waals surface area contributed by atoms with Crippen LogP contribution >= 0.6 is 0 Å². The van der Waals surface area contributed by atoms with Gasteiger partial charge in [0.2, 0.25) is 0 Å². The fourth-order valence-electron chi connectivity index (χ4n) is 1.44. The summed E-state index contributed by atoms with van der Waals surface area (Å²) in [5, 5.41) is 12.0. The van der Waals surface area contributed by atoms with Crippen molar-refractivity contribution in [3.63, 3.8) is 0 Å². The van der Waals surface area contributed by atoms with E-state index >= 15 is 0 Å². The van der Waals surface area contributed by atoms with E-state index < -0.39 is 18.3 Å². The molecule has 0 aromatic rings. The predicted molar refractivity (Wildman–Crippen MR) is 52.9 cm³/mol. The maximum atomic E-state index is 10.9. The number of aliphatic hydroxyl groups is 1. The van der Waals surface area contributed by atoms with Crippen molar-refractivity contribution in [2.75, 3.05) is 7.05 Å². The minimum atomic E-state index is -0.580. The van der Waals surface area contributed by atoms with E-state index in [1.807, 2.05) is 6.08 Å². The normalized spacial score (nSPS) is 29.9. The molecule has 1 aliphatic rings. The van der Waals surface area contributed by atoms with E-state index in [0.29, 0.717) is 6.42 Å². The van der Waals surface area contributed by atoms with Crippen LogP contribution in [-0.2, 0) is 4.74 Å². The maximum Gasteiger partial charge on any atom is 0.407 e. The molecule has 0 saturated heterocycles. The summed E-state index contributed by atoms with van der Waals surface area (Å²) >= 11 is 0. The molecule has 80 valence electrons. The first kappa shape index (κ1) is 11.0. The smallest absolute Gasteiger partial charge is 0.407 e. The molecule has 1 amide bonds. The van der Waals surface area contributed by atoms with Gasteiger partial charge in [0, 0.05) is 7.05 Å². The molecule has 4 nitrogen and oxygen atoms in total. The van der Waals surface area contributed by atoms with Crippen LogP contribution in [0.1, 0.15) is 25.7 Å². The Labute approximate surface area is 83.9 Å². The number of alkyl carbamates (subject to hydrolysis) is 1. The zero-order chi connectivity index (χ0) is 10.4. The van der Waals surface area contributed by atoms with Crippen molar-refractivity contribution < 1.29 is 14.6 Å². The number of allylic oxidation sites excluding steroid dienone is 1. The van der Waals surface area contributed by atoms with Gasteiger partial charge in [-0.3, -0.25) is 0 Å². The van der Waals surface area contributed by atoms with Crippen LogP contribution in [0.4, 0.5) is 4.79 Å². The molecule has 0 spiro atoms. The average molecular weight is 199 g/mol. The van der Waals surface area contributed by atoms with E-state index in [2.05, 4.69) is 5.32 Å². The van der Waals surface area contributed by atoms with E-state index in [1.54, 1.807) is 6.08 Å². The van der Waals surface area contributed by atoms with Gasteiger partial charge in [-0.25, -0.2) is 4.79 Å². The molecule has 0 aromatic heterocycles. The van der Waals surface area contributed by atoms with Crippen LogP contribution in [0.25, 0.3) is 0 Å². The molecule has 2 N–H and O–H groups in total. The molecule has 4 heteroatoms. The van der Waals surface area contributed by atoms with Gasteiger partial charge in [-0.15, -0.1) is 0 Å². The number of aliphatic hydroxyl groups excluding tert-OH is 1. The van der Waals surface area contributed by atoms with Crippen LogP contribution in [0.3, 0.4) is 0 Å². The Balaban J connectivity index is 2.52. The van der Waals surface area contributed by atoms with E-state index in [-0.39, 0.29) is 0 Å². The van der Waals surface area contributed by atoms with Crippen molar-refractivity contribution in [1.82, 2.24) is 5.32 Å². The first-order valence-electron chi connectivity index (χ1n) is 4.97. The lowest BCUT2D eigenvalue weighted by molar-refractivity contribution is 0.0223. The molecule has 0 bridgehead atoms. The molecule has 0 aromatic carbocycles. The molecule has 1 aliphatic carbocycles. The number of hydrogen-bond acceptors (Lipinski definition) is 3. The molecular formula is C10H17NO3. The lowest BCUT2D eigenvalue weighted by Gasteiger charge is -2.21. The van der Waals surface area contributed by atoms with Gasteiger partial charge in [0.05, 0.1) is 6.10 Å². The second kappa shape index (κ2) is 5.65. The number of amides is 1. The topological polar surface area (TPSA) is 58.6 Å². The van der Waals surface area contributed by atoms with Crippen LogP contribution in [-0.4, -0.2) is 30.5 Å². The number of ether oxygens (including phenoxy) is 1. The van der Waals surface area contributed by atoms with E-state index in [0.717, 1.165) is 19.3 Å². The number of nitrogens with one attached hydrogen (secondary N) is 1. The molecule has 14 heavy (non-hydrogen) atoms. The number of rotatable bonds is 1. The minimum Gasteiger partial charge on any atom is -0.439 e. The van der Waals surface area contributed by atoms with Crippen molar-refractivity contribution in [2.24, 2.45) is 0 Å². The molecule has 0 aliphatic heterocycles. The fraction of sp³-hybridized carbons (Fsp3) is 0.700. The van der Waals surface area contributed by atoms with E-state index in [1.165, 1.54) is 7.05 Å². The lowest BCUT2D eigenvalue weighted by atomic mass is 10.0. The quantitative estimate of drug-likeness (QED) is 0.624. The summed E-state index contributed by atoms with van der Waals surface area (Å²) in [6, 6.07) is 0. The highest BCUT2D eigenvalue weighted by Gasteiger charge is 2.20. The Morgan fingerprint density at radius 3 is 3.07 bits per heavy atom. The van der Waals surface area contributed by atoms with Crippen molar-refractivity contribution in [3.05, 3.63) is 12.2 Å². The molecule has 1 rings (SSSR count). The van der Waals surface area contributed by atoms with Crippen LogP contribution in [0.15, 0.2) is 12.2 Å². The van der Waals surface area contributed by atoms with Crippen molar-refractivity contribution in [3.8, 4) is 0 Å². The SMILES string of the molecule is CNC(=O)OC1/C=C/CCCCC1O. The summed E-state index contributed by atoms with van der Waals surface area (Å²) in [6.07, 6.45) is 5.86. The molecule has 0 radical (unpaired) electrons. The molecule has 0 heterocycles. The van der Waals surface area contributed by atoms with Crippen molar-refractivity contribution in [2.45, 2.75) is 37.9 Å². The van der Waals surface area contributed by atoms with E-state index in [4.69, 9.17) is 4.74 Å². The van der Waals surface area contributed by atoms with Gasteiger partial charge in [0.25, 0.3) is 0 Å². The lowest BCUT2D eigenvalue weighted by Crippen LogP contribution is -2.33. The molecule has 2 atom stereocenters. The zero-order valence-electron chi connectivity index (χ0n) is 8.40. The monoisotopic (exact) mass is 199 g/mol. The molecule has 0 fully saturated rings. The van der Waals surface area contributed by atoms with Gasteiger partial charge in [-0.05, 0) is 25.3 Å². The van der Waals surface area contributed by atoms with Gasteiger partial charge in [0.1, 0.15) is 6.10 Å². The molecular weight excluding hydrogens is 182 g/mol. The summed E-state index contributed by atoms with van der Waals surface area (Å²) in [7, 11) is 1.50. The minimum absolute atomic E-state index is 0.501. The fourth-order valence-corrected chi connectivity index (χ4v) is 1.44. The standard InChI is InChI=1S/C10H17NO3/c1-11-10(13)14-9-7-5-3-2-4-6-8(9)12/h5,7-9,12H,2-4,6H2,1H3,(H,11,13)/b7-5+. The van der Waals surface area contributed by atoms with Crippen LogP contribution in [0, 0.1) is 0 Å². The Morgan fingerprint density at radius 2 is 2.36 bits per heavy atom. The third-order valence-corrected chi connectivity index (χ3v) is 2.27. The third-order valence-electron chi connectivity index (χ3n) is 2.27. The summed E-state index contributed by atoms with van der Waals surface area (Å²) in [5.41, 5.74) is 0. The summed E-state index contributed by atoms with van der Waals surface area (Å²) < 4.78 is 5.00. The first-order chi connectivity index (χ1) is 6.74. The maximum absolute atomic E-state index is 10.9. The number of hydrogen-bond donors (Lipinski definition) is 2. The van der Waals surface area contributed by atoms with Gasteiger partial charge >= 0.3 is 6.09 Å². The molecule has 2 unspecified atom stereocenters. The van der Waals surface area contributed by atoms with Crippen molar-refractivity contribution in [1.29, 1.82) is 0 Å². The summed E-state index contributed by atoms with van der Waals surface area (Å²) in [4.78, 5) is 10.9. The highest BCUT2D eigenvalue weighted by atomic mass is 16.6. The second-order valence-electron chi connectivity index (χ2n) is 3.40. The first-order valence-corrected chi connectivity index (χ1v) is 4.97. The van der Waals surface area contributed by atoms with Crippen LogP contribution in [0.5, 0.6) is 0 Å². The largest absolute Gasteiger partial charge is 0.439 e. The Morgan fingerprint density at radius 1 is 1.57 bits per heavy atom. The zero-order valence-corrected chi connectivity index (χ0v) is 8.40. The van der Waals surface area contributed by atoms with Gasteiger partial charge < -0.3 is 15.2 Å². The summed E-state index contributed by atoms with van der Waals surface area (Å²) in [6.45, 7) is 0. The Bertz CT molecular complexity index is 215. The Hall–Kier alpha value is -1.03.